The molecule has 1 saturated heterocycles. The van der Waals surface area contributed by atoms with Crippen molar-refractivity contribution in [3.63, 3.8) is 0 Å². The van der Waals surface area contributed by atoms with E-state index in [1.165, 1.54) is 0 Å². The van der Waals surface area contributed by atoms with E-state index in [1.807, 2.05) is 19.1 Å². The Bertz CT molecular complexity index is 686. The van der Waals surface area contributed by atoms with Crippen LogP contribution in [-0.4, -0.2) is 28.3 Å². The molecule has 1 aliphatic heterocycles. The fraction of sp³-hybridized carbons (Fsp3) is 0.438. The molecule has 6 nitrogen and oxygen atoms in total. The zero-order chi connectivity index (χ0) is 16.4. The molecule has 0 radical (unpaired) electrons. The highest BCUT2D eigenvalue weighted by atomic mass is 35.5. The SMILES string of the molecule is Cc1nc([C@H](NC(=O)[C@@H]2CC[C@@H](C)O2)c2ccc(Cl)cc2)no1. The van der Waals surface area contributed by atoms with Gasteiger partial charge in [0, 0.05) is 11.9 Å². The molecule has 3 atom stereocenters. The third-order valence-corrected chi connectivity index (χ3v) is 4.07. The molecule has 1 N–H and O–H groups in total. The Hall–Kier alpha value is -1.92. The first kappa shape index (κ1) is 16.0. The van der Waals surface area contributed by atoms with Gasteiger partial charge in [0.25, 0.3) is 0 Å². The molecular weight excluding hydrogens is 318 g/mol. The molecule has 0 unspecified atom stereocenters. The van der Waals surface area contributed by atoms with Crippen molar-refractivity contribution in [1.29, 1.82) is 0 Å². The smallest absolute Gasteiger partial charge is 0.250 e. The van der Waals surface area contributed by atoms with Crippen LogP contribution in [0.1, 0.15) is 43.1 Å². The van der Waals surface area contributed by atoms with Gasteiger partial charge in [0.15, 0.2) is 5.82 Å². The summed E-state index contributed by atoms with van der Waals surface area (Å²) in [5.74, 6) is 0.680. The number of carbonyl (C=O) groups is 1. The minimum absolute atomic E-state index is 0.104. The molecule has 2 aromatic rings. The number of halogens is 1. The third kappa shape index (κ3) is 3.71. The number of nitrogens with zero attached hydrogens (tertiary/aromatic N) is 2. The molecule has 122 valence electrons. The molecule has 7 heteroatoms. The molecule has 1 fully saturated rings. The highest BCUT2D eigenvalue weighted by molar-refractivity contribution is 6.30. The van der Waals surface area contributed by atoms with Crippen LogP contribution in [0.2, 0.25) is 5.02 Å². The van der Waals surface area contributed by atoms with Gasteiger partial charge in [0.05, 0.1) is 6.10 Å². The van der Waals surface area contributed by atoms with Crippen LogP contribution in [0.4, 0.5) is 0 Å². The van der Waals surface area contributed by atoms with Crippen LogP contribution in [0.25, 0.3) is 0 Å². The number of aryl methyl sites for hydroxylation is 1. The second kappa shape index (κ2) is 6.68. The first-order chi connectivity index (χ1) is 11.0. The summed E-state index contributed by atoms with van der Waals surface area (Å²) in [6.45, 7) is 3.67. The molecule has 0 bridgehead atoms. The zero-order valence-electron chi connectivity index (χ0n) is 13.0. The van der Waals surface area contributed by atoms with Crippen molar-refractivity contribution < 1.29 is 14.1 Å². The Morgan fingerprint density at radius 3 is 2.65 bits per heavy atom. The fourth-order valence-corrected chi connectivity index (χ4v) is 2.74. The lowest BCUT2D eigenvalue weighted by Crippen LogP contribution is -2.38. The van der Waals surface area contributed by atoms with Crippen LogP contribution >= 0.6 is 11.6 Å². The second-order valence-electron chi connectivity index (χ2n) is 5.68. The van der Waals surface area contributed by atoms with E-state index in [-0.39, 0.29) is 12.0 Å². The van der Waals surface area contributed by atoms with Gasteiger partial charge in [-0.25, -0.2) is 0 Å². The molecule has 1 aromatic carbocycles. The van der Waals surface area contributed by atoms with E-state index in [0.717, 1.165) is 12.0 Å². The lowest BCUT2D eigenvalue weighted by molar-refractivity contribution is -0.132. The van der Waals surface area contributed by atoms with Gasteiger partial charge < -0.3 is 14.6 Å². The van der Waals surface area contributed by atoms with Crippen LogP contribution in [-0.2, 0) is 9.53 Å². The quantitative estimate of drug-likeness (QED) is 0.929. The minimum Gasteiger partial charge on any atom is -0.365 e. The van der Waals surface area contributed by atoms with E-state index >= 15 is 0 Å². The lowest BCUT2D eigenvalue weighted by atomic mass is 10.1. The Morgan fingerprint density at radius 1 is 1.35 bits per heavy atom. The average Bonchev–Trinajstić information content (AvgIpc) is 3.14. The van der Waals surface area contributed by atoms with Gasteiger partial charge in [-0.3, -0.25) is 4.79 Å². The Balaban J connectivity index is 1.83. The average molecular weight is 336 g/mol. The van der Waals surface area contributed by atoms with Crippen molar-refractivity contribution in [2.24, 2.45) is 0 Å². The highest BCUT2D eigenvalue weighted by Crippen LogP contribution is 2.24. The maximum atomic E-state index is 12.5. The molecule has 0 saturated carbocycles. The van der Waals surface area contributed by atoms with Crippen LogP contribution in [0.15, 0.2) is 28.8 Å². The van der Waals surface area contributed by atoms with Gasteiger partial charge in [-0.1, -0.05) is 28.9 Å². The summed E-state index contributed by atoms with van der Waals surface area (Å²) in [6, 6.07) is 6.68. The number of nitrogens with one attached hydrogen (secondary N) is 1. The zero-order valence-corrected chi connectivity index (χ0v) is 13.7. The topological polar surface area (TPSA) is 77.2 Å². The predicted molar refractivity (Wildman–Crippen MR) is 84.0 cm³/mol. The first-order valence-electron chi connectivity index (χ1n) is 7.54. The minimum atomic E-state index is -0.503. The van der Waals surface area contributed by atoms with E-state index in [9.17, 15) is 4.79 Å². The molecule has 1 aliphatic rings. The van der Waals surface area contributed by atoms with Gasteiger partial charge in [-0.05, 0) is 37.5 Å². The third-order valence-electron chi connectivity index (χ3n) is 3.82. The lowest BCUT2D eigenvalue weighted by Gasteiger charge is -2.19. The van der Waals surface area contributed by atoms with Crippen LogP contribution in [0, 0.1) is 6.92 Å². The normalized spacial score (nSPS) is 22.0. The number of aromatic nitrogens is 2. The van der Waals surface area contributed by atoms with Crippen molar-refractivity contribution in [3.8, 4) is 0 Å². The molecule has 1 amide bonds. The first-order valence-corrected chi connectivity index (χ1v) is 7.92. The largest absolute Gasteiger partial charge is 0.365 e. The second-order valence-corrected chi connectivity index (χ2v) is 6.11. The van der Waals surface area contributed by atoms with Crippen molar-refractivity contribution in [2.75, 3.05) is 0 Å². The van der Waals surface area contributed by atoms with Crippen molar-refractivity contribution in [3.05, 3.63) is 46.6 Å². The molecule has 3 rings (SSSR count). The molecule has 23 heavy (non-hydrogen) atoms. The molecular formula is C16H18ClN3O3. The van der Waals surface area contributed by atoms with Gasteiger partial charge in [0.2, 0.25) is 11.8 Å². The molecule has 1 aromatic heterocycles. The Labute approximate surface area is 139 Å². The number of hydrogen-bond acceptors (Lipinski definition) is 5. The molecule has 0 spiro atoms. The maximum Gasteiger partial charge on any atom is 0.250 e. The summed E-state index contributed by atoms with van der Waals surface area (Å²) in [4.78, 5) is 16.7. The van der Waals surface area contributed by atoms with Crippen molar-refractivity contribution >= 4 is 17.5 Å². The summed E-state index contributed by atoms with van der Waals surface area (Å²) in [7, 11) is 0. The summed E-state index contributed by atoms with van der Waals surface area (Å²) < 4.78 is 10.7. The van der Waals surface area contributed by atoms with Crippen molar-refractivity contribution in [1.82, 2.24) is 15.5 Å². The Morgan fingerprint density at radius 2 is 2.09 bits per heavy atom. The van der Waals surface area contributed by atoms with Gasteiger partial charge in [-0.15, -0.1) is 0 Å². The van der Waals surface area contributed by atoms with Crippen LogP contribution in [0.5, 0.6) is 0 Å². The van der Waals surface area contributed by atoms with E-state index < -0.39 is 12.1 Å². The van der Waals surface area contributed by atoms with Crippen LogP contribution < -0.4 is 5.32 Å². The number of carbonyl (C=O) groups excluding carboxylic acids is 1. The van der Waals surface area contributed by atoms with Crippen LogP contribution in [0.3, 0.4) is 0 Å². The monoisotopic (exact) mass is 335 g/mol. The number of hydrogen-bond donors (Lipinski definition) is 1. The standard InChI is InChI=1S/C16H18ClN3O3/c1-9-3-8-13(22-9)16(21)19-14(15-18-10(2)23-20-15)11-4-6-12(17)7-5-11/h4-7,9,13-14H,3,8H2,1-2H3,(H,19,21)/t9-,13+,14-/m1/s1. The number of ether oxygens (including phenoxy) is 1. The number of rotatable bonds is 4. The molecule has 0 aliphatic carbocycles. The summed E-state index contributed by atoms with van der Waals surface area (Å²) in [6.07, 6.45) is 1.26. The fourth-order valence-electron chi connectivity index (χ4n) is 2.62. The maximum absolute atomic E-state index is 12.5. The summed E-state index contributed by atoms with van der Waals surface area (Å²) in [5.41, 5.74) is 0.828. The van der Waals surface area contributed by atoms with E-state index in [2.05, 4.69) is 15.5 Å². The van der Waals surface area contributed by atoms with Crippen molar-refractivity contribution in [2.45, 2.75) is 44.9 Å². The molecule has 2 heterocycles. The number of amides is 1. The summed E-state index contributed by atoms with van der Waals surface area (Å²) >= 11 is 5.93. The van der Waals surface area contributed by atoms with Gasteiger partial charge >= 0.3 is 0 Å². The van der Waals surface area contributed by atoms with Gasteiger partial charge in [0.1, 0.15) is 12.1 Å². The van der Waals surface area contributed by atoms with E-state index in [1.54, 1.807) is 19.1 Å². The van der Waals surface area contributed by atoms with E-state index in [0.29, 0.717) is 23.2 Å². The highest BCUT2D eigenvalue weighted by Gasteiger charge is 2.31. The van der Waals surface area contributed by atoms with E-state index in [4.69, 9.17) is 20.9 Å². The summed E-state index contributed by atoms with van der Waals surface area (Å²) in [5, 5.41) is 7.51. The predicted octanol–water partition coefficient (Wildman–Crippen LogP) is 2.80. The number of benzene rings is 1. The van der Waals surface area contributed by atoms with Gasteiger partial charge in [-0.2, -0.15) is 4.98 Å². The Kier molecular flexibility index (Phi) is 4.63.